The van der Waals surface area contributed by atoms with Gasteiger partial charge in [0.1, 0.15) is 16.8 Å². The second-order valence-corrected chi connectivity index (χ2v) is 9.91. The number of hydrogen-bond acceptors (Lipinski definition) is 5. The number of nitriles is 1. The third-order valence-corrected chi connectivity index (χ3v) is 7.35. The molecule has 1 fully saturated rings. The number of amides is 1. The first kappa shape index (κ1) is 26.7. The Morgan fingerprint density at radius 2 is 1.79 bits per heavy atom. The minimum atomic E-state index is -4.52. The van der Waals surface area contributed by atoms with Crippen molar-refractivity contribution in [2.24, 2.45) is 0 Å². The van der Waals surface area contributed by atoms with Crippen LogP contribution in [0.3, 0.4) is 0 Å². The van der Waals surface area contributed by atoms with Crippen molar-refractivity contribution in [2.45, 2.75) is 50.4 Å². The Hall–Kier alpha value is -3.94. The molecule has 1 aliphatic carbocycles. The number of nitrogens with one attached hydrogen (secondary N) is 1. The van der Waals surface area contributed by atoms with E-state index in [0.29, 0.717) is 40.2 Å². The number of benzene rings is 2. The molecular formula is C28H23ClF3N5O2. The van der Waals surface area contributed by atoms with E-state index in [0.717, 1.165) is 31.4 Å². The van der Waals surface area contributed by atoms with Gasteiger partial charge in [0.2, 0.25) is 0 Å². The number of alkyl halides is 3. The summed E-state index contributed by atoms with van der Waals surface area (Å²) in [6, 6.07) is 13.7. The molecule has 2 aromatic heterocycles. The molecule has 200 valence electrons. The SMILES string of the molecule is N#CC1(NC(=O)c2c(CO)nn3c(-c4ccc(C(F)(F)F)cc4)c(-c4ccccc4Cl)cnc23)CCCCC1. The fraction of sp³-hybridized carbons (Fsp3) is 0.286. The van der Waals surface area contributed by atoms with E-state index in [1.54, 1.807) is 24.3 Å². The molecule has 0 aliphatic heterocycles. The van der Waals surface area contributed by atoms with Gasteiger partial charge in [0, 0.05) is 27.9 Å². The largest absolute Gasteiger partial charge is 0.416 e. The Morgan fingerprint density at radius 3 is 2.41 bits per heavy atom. The predicted octanol–water partition coefficient (Wildman–Crippen LogP) is 6.18. The molecule has 1 saturated carbocycles. The van der Waals surface area contributed by atoms with E-state index < -0.39 is 29.8 Å². The molecule has 5 rings (SSSR count). The highest BCUT2D eigenvalue weighted by atomic mass is 35.5. The van der Waals surface area contributed by atoms with E-state index in [4.69, 9.17) is 11.6 Å². The maximum absolute atomic E-state index is 13.5. The van der Waals surface area contributed by atoms with E-state index in [9.17, 15) is 28.3 Å². The molecule has 1 aliphatic rings. The third kappa shape index (κ3) is 4.95. The van der Waals surface area contributed by atoms with Gasteiger partial charge in [0.15, 0.2) is 5.65 Å². The molecule has 0 radical (unpaired) electrons. The number of hydrogen-bond donors (Lipinski definition) is 2. The number of fused-ring (bicyclic) bond motifs is 1. The maximum Gasteiger partial charge on any atom is 0.416 e. The molecule has 0 saturated heterocycles. The van der Waals surface area contributed by atoms with Crippen LogP contribution in [0.4, 0.5) is 13.2 Å². The molecule has 7 nitrogen and oxygen atoms in total. The molecule has 1 amide bonds. The lowest BCUT2D eigenvalue weighted by molar-refractivity contribution is -0.137. The molecule has 2 heterocycles. The maximum atomic E-state index is 13.5. The van der Waals surface area contributed by atoms with Gasteiger partial charge in [-0.3, -0.25) is 4.79 Å². The summed E-state index contributed by atoms with van der Waals surface area (Å²) in [7, 11) is 0. The van der Waals surface area contributed by atoms with Crippen LogP contribution in [0.5, 0.6) is 0 Å². The normalized spacial score (nSPS) is 15.2. The van der Waals surface area contributed by atoms with Gasteiger partial charge >= 0.3 is 6.18 Å². The number of carbonyl (C=O) groups is 1. The monoisotopic (exact) mass is 553 g/mol. The van der Waals surface area contributed by atoms with E-state index in [1.807, 2.05) is 0 Å². The highest BCUT2D eigenvalue weighted by Crippen LogP contribution is 2.38. The minimum Gasteiger partial charge on any atom is -0.390 e. The van der Waals surface area contributed by atoms with Crippen LogP contribution < -0.4 is 5.32 Å². The summed E-state index contributed by atoms with van der Waals surface area (Å²) in [5, 5.41) is 27.6. The Morgan fingerprint density at radius 1 is 1.10 bits per heavy atom. The number of aromatic nitrogens is 3. The zero-order valence-electron chi connectivity index (χ0n) is 20.6. The molecule has 0 spiro atoms. The molecular weight excluding hydrogens is 531 g/mol. The van der Waals surface area contributed by atoms with Gasteiger partial charge in [0.25, 0.3) is 5.91 Å². The third-order valence-electron chi connectivity index (χ3n) is 7.02. The second kappa shape index (κ2) is 10.3. The lowest BCUT2D eigenvalue weighted by Gasteiger charge is -2.31. The molecule has 0 atom stereocenters. The van der Waals surface area contributed by atoms with Crippen molar-refractivity contribution in [3.63, 3.8) is 0 Å². The summed E-state index contributed by atoms with van der Waals surface area (Å²) in [6.45, 7) is -0.598. The highest BCUT2D eigenvalue weighted by Gasteiger charge is 2.36. The molecule has 39 heavy (non-hydrogen) atoms. The number of rotatable bonds is 5. The fourth-order valence-electron chi connectivity index (χ4n) is 5.04. The van der Waals surface area contributed by atoms with Crippen LogP contribution in [0.1, 0.15) is 53.7 Å². The van der Waals surface area contributed by atoms with E-state index >= 15 is 0 Å². The van der Waals surface area contributed by atoms with Gasteiger partial charge in [-0.2, -0.15) is 23.5 Å². The van der Waals surface area contributed by atoms with Crippen molar-refractivity contribution in [3.05, 3.63) is 76.6 Å². The van der Waals surface area contributed by atoms with Crippen LogP contribution in [0.2, 0.25) is 5.02 Å². The lowest BCUT2D eigenvalue weighted by Crippen LogP contribution is -2.48. The molecule has 2 N–H and O–H groups in total. The Balaban J connectivity index is 1.72. The van der Waals surface area contributed by atoms with Gasteiger partial charge in [-0.05, 0) is 31.0 Å². The number of aliphatic hydroxyl groups is 1. The zero-order valence-corrected chi connectivity index (χ0v) is 21.4. The summed E-state index contributed by atoms with van der Waals surface area (Å²) in [4.78, 5) is 18.0. The topological polar surface area (TPSA) is 103 Å². The van der Waals surface area contributed by atoms with Crippen LogP contribution in [0, 0.1) is 11.3 Å². The van der Waals surface area contributed by atoms with Crippen molar-refractivity contribution >= 4 is 23.2 Å². The first-order valence-corrected chi connectivity index (χ1v) is 12.7. The summed E-state index contributed by atoms with van der Waals surface area (Å²) in [5.74, 6) is -0.603. The van der Waals surface area contributed by atoms with Crippen molar-refractivity contribution in [1.82, 2.24) is 19.9 Å². The Bertz CT molecular complexity index is 1590. The second-order valence-electron chi connectivity index (χ2n) is 9.50. The average Bonchev–Trinajstić information content (AvgIpc) is 3.32. The van der Waals surface area contributed by atoms with Crippen molar-refractivity contribution in [2.75, 3.05) is 0 Å². The smallest absolute Gasteiger partial charge is 0.390 e. The van der Waals surface area contributed by atoms with E-state index in [1.165, 1.54) is 22.8 Å². The molecule has 11 heteroatoms. The molecule has 2 aromatic carbocycles. The Kier molecular flexibility index (Phi) is 7.05. The molecule has 0 unspecified atom stereocenters. The van der Waals surface area contributed by atoms with Crippen LogP contribution in [0.25, 0.3) is 28.0 Å². The van der Waals surface area contributed by atoms with Gasteiger partial charge in [-0.15, -0.1) is 0 Å². The first-order chi connectivity index (χ1) is 18.7. The van der Waals surface area contributed by atoms with Gasteiger partial charge in [-0.25, -0.2) is 9.50 Å². The minimum absolute atomic E-state index is 0.00318. The van der Waals surface area contributed by atoms with Crippen LogP contribution in [-0.4, -0.2) is 31.2 Å². The molecule has 0 bridgehead atoms. The molecule has 4 aromatic rings. The fourth-order valence-corrected chi connectivity index (χ4v) is 5.28. The van der Waals surface area contributed by atoms with Crippen molar-refractivity contribution in [3.8, 4) is 28.5 Å². The quantitative estimate of drug-likeness (QED) is 0.307. The first-order valence-electron chi connectivity index (χ1n) is 12.4. The van der Waals surface area contributed by atoms with Crippen LogP contribution in [0.15, 0.2) is 54.7 Å². The summed E-state index contributed by atoms with van der Waals surface area (Å²) < 4.78 is 41.2. The van der Waals surface area contributed by atoms with Crippen molar-refractivity contribution < 1.29 is 23.1 Å². The predicted molar refractivity (Wildman–Crippen MR) is 139 cm³/mol. The van der Waals surface area contributed by atoms with E-state index in [-0.39, 0.29) is 16.9 Å². The van der Waals surface area contributed by atoms with Crippen molar-refractivity contribution in [1.29, 1.82) is 5.26 Å². The summed E-state index contributed by atoms with van der Waals surface area (Å²) in [5.41, 5.74) is -0.0239. The van der Waals surface area contributed by atoms with Gasteiger partial charge in [0.05, 0.1) is 23.9 Å². The average molecular weight is 554 g/mol. The van der Waals surface area contributed by atoms with Crippen LogP contribution in [-0.2, 0) is 12.8 Å². The lowest BCUT2D eigenvalue weighted by atomic mass is 9.82. The van der Waals surface area contributed by atoms with Crippen LogP contribution >= 0.6 is 11.6 Å². The number of carbonyl (C=O) groups excluding carboxylic acids is 1. The summed E-state index contributed by atoms with van der Waals surface area (Å²) in [6.07, 6.45) is 0.534. The van der Waals surface area contributed by atoms with Gasteiger partial charge < -0.3 is 10.4 Å². The summed E-state index contributed by atoms with van der Waals surface area (Å²) >= 11 is 6.47. The standard InChI is InChI=1S/C28H23ClF3N5O2/c29-21-7-3-2-6-19(21)20-14-34-25-23(26(39)35-27(16-33)12-4-1-5-13-27)22(15-38)36-37(25)24(20)17-8-10-18(11-9-17)28(30,31)32/h2-3,6-11,14,38H,1,4-5,12-13,15H2,(H,35,39). The van der Waals surface area contributed by atoms with E-state index in [2.05, 4.69) is 21.5 Å². The highest BCUT2D eigenvalue weighted by molar-refractivity contribution is 6.33. The number of nitrogens with zero attached hydrogens (tertiary/aromatic N) is 4. The Labute approximate surface area is 226 Å². The zero-order chi connectivity index (χ0) is 27.8. The van der Waals surface area contributed by atoms with Gasteiger partial charge in [-0.1, -0.05) is 61.2 Å². The number of halogens is 4. The number of aliphatic hydroxyl groups excluding tert-OH is 1.